The predicted molar refractivity (Wildman–Crippen MR) is 78.8 cm³/mol. The summed E-state index contributed by atoms with van der Waals surface area (Å²) in [4.78, 5) is 16.3. The lowest BCUT2D eigenvalue weighted by molar-refractivity contribution is -0.0444. The number of anilines is 2. The zero-order chi connectivity index (χ0) is 14.2. The Morgan fingerprint density at radius 2 is 1.80 bits per heavy atom. The minimum Gasteiger partial charge on any atom is -0.442 e. The van der Waals surface area contributed by atoms with Crippen LogP contribution in [0.2, 0.25) is 0 Å². The second-order valence-electron chi connectivity index (χ2n) is 5.81. The number of benzene rings is 1. The van der Waals surface area contributed by atoms with E-state index in [4.69, 9.17) is 10.5 Å². The largest absolute Gasteiger partial charge is 0.442 e. The Morgan fingerprint density at radius 1 is 1.15 bits per heavy atom. The van der Waals surface area contributed by atoms with Crippen LogP contribution in [-0.2, 0) is 4.74 Å². The molecular weight excluding hydrogens is 254 g/mol. The van der Waals surface area contributed by atoms with Crippen LogP contribution in [0.15, 0.2) is 24.3 Å². The number of amides is 1. The first kappa shape index (κ1) is 13.2. The standard InChI is InChI=1S/C15H21N3O2/c1-17-9-6-15(7-10-17)8-11-18(14(19)20-15)13-5-3-2-4-12(13)16/h2-5H,6-11,16H2,1H3. The molecule has 0 atom stereocenters. The molecule has 108 valence electrons. The average Bonchev–Trinajstić information content (AvgIpc) is 2.44. The Bertz CT molecular complexity index is 510. The van der Waals surface area contributed by atoms with Gasteiger partial charge in [-0.25, -0.2) is 4.79 Å². The normalized spacial score (nSPS) is 22.9. The number of likely N-dealkylation sites (tertiary alicyclic amines) is 1. The van der Waals surface area contributed by atoms with Gasteiger partial charge in [0.1, 0.15) is 5.60 Å². The minimum atomic E-state index is -0.265. The van der Waals surface area contributed by atoms with Crippen molar-refractivity contribution in [3.8, 4) is 0 Å². The smallest absolute Gasteiger partial charge is 0.414 e. The summed E-state index contributed by atoms with van der Waals surface area (Å²) in [7, 11) is 2.11. The fourth-order valence-electron chi connectivity index (χ4n) is 3.03. The molecule has 0 aromatic heterocycles. The number of para-hydroxylation sites is 2. The zero-order valence-electron chi connectivity index (χ0n) is 11.8. The van der Waals surface area contributed by atoms with E-state index in [0.717, 1.165) is 38.0 Å². The van der Waals surface area contributed by atoms with E-state index in [1.165, 1.54) is 0 Å². The van der Waals surface area contributed by atoms with Gasteiger partial charge in [-0.1, -0.05) is 12.1 Å². The SMILES string of the molecule is CN1CCC2(CC1)CCN(c1ccccc1N)C(=O)O2. The summed E-state index contributed by atoms with van der Waals surface area (Å²) < 4.78 is 5.79. The van der Waals surface area contributed by atoms with Crippen molar-refractivity contribution >= 4 is 17.5 Å². The lowest BCUT2D eigenvalue weighted by Crippen LogP contribution is -2.54. The maximum absolute atomic E-state index is 12.3. The lowest BCUT2D eigenvalue weighted by Gasteiger charge is -2.45. The Labute approximate surface area is 119 Å². The van der Waals surface area contributed by atoms with Crippen LogP contribution in [0.3, 0.4) is 0 Å². The summed E-state index contributed by atoms with van der Waals surface area (Å²) in [6, 6.07) is 7.43. The first-order valence-electron chi connectivity index (χ1n) is 7.13. The van der Waals surface area contributed by atoms with Crippen LogP contribution in [0.1, 0.15) is 19.3 Å². The Kier molecular flexibility index (Phi) is 3.30. The molecule has 0 unspecified atom stereocenters. The topological polar surface area (TPSA) is 58.8 Å². The zero-order valence-corrected chi connectivity index (χ0v) is 11.8. The number of hydrogen-bond acceptors (Lipinski definition) is 4. The summed E-state index contributed by atoms with van der Waals surface area (Å²) in [6.45, 7) is 2.65. The van der Waals surface area contributed by atoms with Crippen LogP contribution in [0.25, 0.3) is 0 Å². The summed E-state index contributed by atoms with van der Waals surface area (Å²) in [6.07, 6.45) is 2.46. The molecule has 3 rings (SSSR count). The molecule has 2 fully saturated rings. The van der Waals surface area contributed by atoms with Gasteiger partial charge in [-0.3, -0.25) is 4.90 Å². The number of carbonyl (C=O) groups excluding carboxylic acids is 1. The highest BCUT2D eigenvalue weighted by Gasteiger charge is 2.43. The molecule has 0 bridgehead atoms. The van der Waals surface area contributed by atoms with Crippen molar-refractivity contribution in [3.05, 3.63) is 24.3 Å². The van der Waals surface area contributed by atoms with Gasteiger partial charge in [0.05, 0.1) is 11.4 Å². The van der Waals surface area contributed by atoms with Gasteiger partial charge in [-0.2, -0.15) is 0 Å². The highest BCUT2D eigenvalue weighted by molar-refractivity contribution is 5.92. The predicted octanol–water partition coefficient (Wildman–Crippen LogP) is 2.08. The van der Waals surface area contributed by atoms with Crippen LogP contribution in [-0.4, -0.2) is 43.3 Å². The van der Waals surface area contributed by atoms with Crippen molar-refractivity contribution in [2.75, 3.05) is 37.3 Å². The fourth-order valence-corrected chi connectivity index (χ4v) is 3.03. The molecule has 2 aliphatic heterocycles. The van der Waals surface area contributed by atoms with Crippen molar-refractivity contribution in [2.45, 2.75) is 24.9 Å². The van der Waals surface area contributed by atoms with E-state index in [-0.39, 0.29) is 11.7 Å². The van der Waals surface area contributed by atoms with Gasteiger partial charge < -0.3 is 15.4 Å². The van der Waals surface area contributed by atoms with Crippen LogP contribution in [0, 0.1) is 0 Å². The third kappa shape index (κ3) is 2.33. The summed E-state index contributed by atoms with van der Waals surface area (Å²) in [5, 5.41) is 0. The molecule has 5 heteroatoms. The van der Waals surface area contributed by atoms with E-state index in [0.29, 0.717) is 12.2 Å². The first-order valence-corrected chi connectivity index (χ1v) is 7.13. The summed E-state index contributed by atoms with van der Waals surface area (Å²) >= 11 is 0. The van der Waals surface area contributed by atoms with E-state index in [9.17, 15) is 4.79 Å². The van der Waals surface area contributed by atoms with Crippen LogP contribution in [0.5, 0.6) is 0 Å². The van der Waals surface area contributed by atoms with E-state index in [1.807, 2.05) is 24.3 Å². The number of carbonyl (C=O) groups is 1. The number of nitrogen functional groups attached to an aromatic ring is 1. The first-order chi connectivity index (χ1) is 9.60. The molecule has 2 aliphatic rings. The number of nitrogens with zero attached hydrogens (tertiary/aromatic N) is 2. The molecule has 1 aromatic carbocycles. The van der Waals surface area contributed by atoms with Crippen molar-refractivity contribution in [3.63, 3.8) is 0 Å². The second kappa shape index (κ2) is 4.98. The third-order valence-electron chi connectivity index (χ3n) is 4.44. The number of hydrogen-bond donors (Lipinski definition) is 1. The van der Waals surface area contributed by atoms with Gasteiger partial charge in [0.15, 0.2) is 0 Å². The molecule has 0 radical (unpaired) electrons. The molecule has 1 amide bonds. The monoisotopic (exact) mass is 275 g/mol. The van der Waals surface area contributed by atoms with E-state index >= 15 is 0 Å². The number of ether oxygens (including phenoxy) is 1. The Hall–Kier alpha value is -1.75. The minimum absolute atomic E-state index is 0.260. The van der Waals surface area contributed by atoms with Crippen LogP contribution < -0.4 is 10.6 Å². The van der Waals surface area contributed by atoms with Gasteiger partial charge in [-0.15, -0.1) is 0 Å². The highest BCUT2D eigenvalue weighted by atomic mass is 16.6. The quantitative estimate of drug-likeness (QED) is 0.797. The van der Waals surface area contributed by atoms with Gasteiger partial charge >= 0.3 is 6.09 Å². The Morgan fingerprint density at radius 3 is 2.45 bits per heavy atom. The van der Waals surface area contributed by atoms with Gasteiger partial charge in [0.2, 0.25) is 0 Å². The number of rotatable bonds is 1. The number of piperidine rings is 1. The summed E-state index contributed by atoms with van der Waals surface area (Å²) in [5.41, 5.74) is 7.05. The van der Waals surface area contributed by atoms with E-state index < -0.39 is 0 Å². The number of nitrogens with two attached hydrogens (primary N) is 1. The van der Waals surface area contributed by atoms with Crippen molar-refractivity contribution in [1.29, 1.82) is 0 Å². The van der Waals surface area contributed by atoms with Gasteiger partial charge in [-0.05, 0) is 19.2 Å². The molecule has 20 heavy (non-hydrogen) atoms. The molecule has 2 saturated heterocycles. The third-order valence-corrected chi connectivity index (χ3v) is 4.44. The van der Waals surface area contributed by atoms with E-state index in [2.05, 4.69) is 11.9 Å². The molecule has 0 saturated carbocycles. The average molecular weight is 275 g/mol. The molecule has 5 nitrogen and oxygen atoms in total. The maximum Gasteiger partial charge on any atom is 0.414 e. The van der Waals surface area contributed by atoms with E-state index in [1.54, 1.807) is 4.90 Å². The second-order valence-corrected chi connectivity index (χ2v) is 5.81. The van der Waals surface area contributed by atoms with Crippen LogP contribution >= 0.6 is 0 Å². The maximum atomic E-state index is 12.3. The molecular formula is C15H21N3O2. The van der Waals surface area contributed by atoms with Gasteiger partial charge in [0.25, 0.3) is 0 Å². The van der Waals surface area contributed by atoms with Gasteiger partial charge in [0, 0.05) is 38.9 Å². The fraction of sp³-hybridized carbons (Fsp3) is 0.533. The summed E-state index contributed by atoms with van der Waals surface area (Å²) in [5.74, 6) is 0. The molecule has 1 aromatic rings. The highest BCUT2D eigenvalue weighted by Crippen LogP contribution is 2.36. The molecule has 1 spiro atoms. The molecule has 2 N–H and O–H groups in total. The van der Waals surface area contributed by atoms with Crippen molar-refractivity contribution in [1.82, 2.24) is 4.90 Å². The Balaban J connectivity index is 1.75. The lowest BCUT2D eigenvalue weighted by atomic mass is 9.87. The van der Waals surface area contributed by atoms with Crippen molar-refractivity contribution < 1.29 is 9.53 Å². The molecule has 2 heterocycles. The molecule has 0 aliphatic carbocycles. The van der Waals surface area contributed by atoms with Crippen molar-refractivity contribution in [2.24, 2.45) is 0 Å². The van der Waals surface area contributed by atoms with Crippen LogP contribution in [0.4, 0.5) is 16.2 Å².